The maximum absolute atomic E-state index is 11.9. The molecule has 1 aliphatic carbocycles. The normalized spacial score (nSPS) is 13.7. The molecule has 7 nitrogen and oxygen atoms in total. The molecule has 0 radical (unpaired) electrons. The summed E-state index contributed by atoms with van der Waals surface area (Å²) < 4.78 is 10.1. The predicted octanol–water partition coefficient (Wildman–Crippen LogP) is 1.94. The molecule has 2 rings (SSSR count). The molecule has 124 valence electrons. The lowest BCUT2D eigenvalue weighted by Gasteiger charge is -2.22. The molecule has 0 saturated heterocycles. The minimum atomic E-state index is -0.462. The van der Waals surface area contributed by atoms with Crippen LogP contribution < -0.4 is 15.4 Å². The first-order valence-electron chi connectivity index (χ1n) is 7.41. The van der Waals surface area contributed by atoms with Gasteiger partial charge in [0.25, 0.3) is 5.91 Å². The first kappa shape index (κ1) is 16.8. The number of hydrogen-bond acceptors (Lipinski definition) is 5. The first-order valence-corrected chi connectivity index (χ1v) is 7.41. The Morgan fingerprint density at radius 2 is 1.96 bits per heavy atom. The van der Waals surface area contributed by atoms with Gasteiger partial charge in [-0.25, -0.2) is 0 Å². The summed E-state index contributed by atoms with van der Waals surface area (Å²) in [5, 5.41) is 5.23. The summed E-state index contributed by atoms with van der Waals surface area (Å²) in [6.07, 6.45) is 2.68. The molecule has 1 aromatic rings. The number of carbonyl (C=O) groups excluding carboxylic acids is 3. The average Bonchev–Trinajstić information content (AvgIpc) is 2.43. The number of benzene rings is 1. The minimum Gasteiger partial charge on any atom is -0.495 e. The second-order valence-corrected chi connectivity index (χ2v) is 5.38. The van der Waals surface area contributed by atoms with E-state index in [0.717, 1.165) is 19.3 Å². The second-order valence-electron chi connectivity index (χ2n) is 5.38. The van der Waals surface area contributed by atoms with E-state index >= 15 is 0 Å². The highest BCUT2D eigenvalue weighted by Gasteiger charge is 2.27. The fourth-order valence-electron chi connectivity index (χ4n) is 2.17. The van der Waals surface area contributed by atoms with Gasteiger partial charge in [0.2, 0.25) is 5.91 Å². The number of nitrogens with one attached hydrogen (secondary N) is 2. The lowest BCUT2D eigenvalue weighted by atomic mass is 9.86. The Morgan fingerprint density at radius 3 is 2.52 bits per heavy atom. The molecule has 0 aliphatic heterocycles. The molecule has 0 aromatic heterocycles. The maximum Gasteiger partial charge on any atom is 0.309 e. The number of rotatable bonds is 6. The molecule has 1 saturated carbocycles. The summed E-state index contributed by atoms with van der Waals surface area (Å²) in [5.41, 5.74) is 0.920. The van der Waals surface area contributed by atoms with E-state index in [1.165, 1.54) is 14.0 Å². The van der Waals surface area contributed by atoms with Gasteiger partial charge in [0.05, 0.1) is 18.7 Å². The molecule has 0 spiro atoms. The van der Waals surface area contributed by atoms with E-state index in [1.807, 2.05) is 0 Å². The van der Waals surface area contributed by atoms with E-state index in [9.17, 15) is 14.4 Å². The highest BCUT2D eigenvalue weighted by Crippen LogP contribution is 2.28. The molecule has 0 unspecified atom stereocenters. The number of ether oxygens (including phenoxy) is 2. The van der Waals surface area contributed by atoms with Crippen molar-refractivity contribution >= 4 is 29.2 Å². The summed E-state index contributed by atoms with van der Waals surface area (Å²) >= 11 is 0. The quantitative estimate of drug-likeness (QED) is 0.781. The third kappa shape index (κ3) is 4.70. The van der Waals surface area contributed by atoms with Crippen LogP contribution in [0.2, 0.25) is 0 Å². The van der Waals surface area contributed by atoms with Gasteiger partial charge in [0.15, 0.2) is 6.61 Å². The van der Waals surface area contributed by atoms with Crippen LogP contribution in [0.3, 0.4) is 0 Å². The number of methoxy groups -OCH3 is 1. The van der Waals surface area contributed by atoms with Crippen LogP contribution in [0.25, 0.3) is 0 Å². The third-order valence-corrected chi connectivity index (χ3v) is 3.58. The van der Waals surface area contributed by atoms with Gasteiger partial charge in [-0.05, 0) is 31.0 Å². The van der Waals surface area contributed by atoms with E-state index in [0.29, 0.717) is 17.1 Å². The topological polar surface area (TPSA) is 93.7 Å². The predicted molar refractivity (Wildman–Crippen MR) is 84.2 cm³/mol. The standard InChI is InChI=1S/C16H20N2O5/c1-10(19)17-12-6-7-14(22-2)13(8-12)18-15(20)9-23-16(21)11-4-3-5-11/h6-8,11H,3-5,9H2,1-2H3,(H,17,19)(H,18,20). The van der Waals surface area contributed by atoms with Crippen LogP contribution in [0.15, 0.2) is 18.2 Å². The number of amides is 2. The van der Waals surface area contributed by atoms with Gasteiger partial charge in [0.1, 0.15) is 5.75 Å². The van der Waals surface area contributed by atoms with Crippen molar-refractivity contribution in [2.24, 2.45) is 5.92 Å². The number of hydrogen-bond donors (Lipinski definition) is 2. The van der Waals surface area contributed by atoms with Crippen molar-refractivity contribution in [2.45, 2.75) is 26.2 Å². The molecule has 1 aromatic carbocycles. The zero-order chi connectivity index (χ0) is 16.8. The third-order valence-electron chi connectivity index (χ3n) is 3.58. The van der Waals surface area contributed by atoms with E-state index in [-0.39, 0.29) is 24.4 Å². The van der Waals surface area contributed by atoms with Crippen molar-refractivity contribution in [1.82, 2.24) is 0 Å². The fourth-order valence-corrected chi connectivity index (χ4v) is 2.17. The number of esters is 1. The molecule has 23 heavy (non-hydrogen) atoms. The average molecular weight is 320 g/mol. The Balaban J connectivity index is 1.95. The Hall–Kier alpha value is -2.57. The summed E-state index contributed by atoms with van der Waals surface area (Å²) in [6, 6.07) is 4.86. The Kier molecular flexibility index (Phi) is 5.56. The summed E-state index contributed by atoms with van der Waals surface area (Å²) in [7, 11) is 1.47. The van der Waals surface area contributed by atoms with Crippen molar-refractivity contribution in [3.05, 3.63) is 18.2 Å². The summed E-state index contributed by atoms with van der Waals surface area (Å²) in [5.74, 6) is -0.638. The van der Waals surface area contributed by atoms with Crippen LogP contribution >= 0.6 is 0 Å². The zero-order valence-electron chi connectivity index (χ0n) is 13.2. The molecule has 2 amide bonds. The van der Waals surface area contributed by atoms with Crippen LogP contribution in [0.4, 0.5) is 11.4 Å². The highest BCUT2D eigenvalue weighted by molar-refractivity contribution is 5.96. The maximum atomic E-state index is 11.9. The molecule has 1 aliphatic rings. The minimum absolute atomic E-state index is 0.0690. The SMILES string of the molecule is COc1ccc(NC(C)=O)cc1NC(=O)COC(=O)C1CCC1. The largest absolute Gasteiger partial charge is 0.495 e. The van der Waals surface area contributed by atoms with E-state index in [4.69, 9.17) is 9.47 Å². The van der Waals surface area contributed by atoms with Crippen molar-refractivity contribution in [3.63, 3.8) is 0 Å². The van der Waals surface area contributed by atoms with Gasteiger partial charge in [-0.2, -0.15) is 0 Å². The van der Waals surface area contributed by atoms with E-state index < -0.39 is 5.91 Å². The smallest absolute Gasteiger partial charge is 0.309 e. The van der Waals surface area contributed by atoms with Gasteiger partial charge in [0, 0.05) is 12.6 Å². The molecule has 1 fully saturated rings. The van der Waals surface area contributed by atoms with Gasteiger partial charge >= 0.3 is 5.97 Å². The molecular weight excluding hydrogens is 300 g/mol. The van der Waals surface area contributed by atoms with Crippen molar-refractivity contribution in [3.8, 4) is 5.75 Å². The molecule has 0 bridgehead atoms. The van der Waals surface area contributed by atoms with Gasteiger partial charge in [-0.15, -0.1) is 0 Å². The number of anilines is 2. The van der Waals surface area contributed by atoms with Crippen LogP contribution in [0.1, 0.15) is 26.2 Å². The molecular formula is C16H20N2O5. The fraction of sp³-hybridized carbons (Fsp3) is 0.438. The van der Waals surface area contributed by atoms with Crippen molar-refractivity contribution in [2.75, 3.05) is 24.4 Å². The van der Waals surface area contributed by atoms with Crippen molar-refractivity contribution in [1.29, 1.82) is 0 Å². The molecule has 7 heteroatoms. The molecule has 0 atom stereocenters. The van der Waals surface area contributed by atoms with Crippen molar-refractivity contribution < 1.29 is 23.9 Å². The monoisotopic (exact) mass is 320 g/mol. The van der Waals surface area contributed by atoms with E-state index in [1.54, 1.807) is 18.2 Å². The van der Waals surface area contributed by atoms with Gasteiger partial charge in [-0.1, -0.05) is 6.42 Å². The van der Waals surface area contributed by atoms with E-state index in [2.05, 4.69) is 10.6 Å². The lowest BCUT2D eigenvalue weighted by Crippen LogP contribution is -2.28. The zero-order valence-corrected chi connectivity index (χ0v) is 13.2. The van der Waals surface area contributed by atoms with Gasteiger partial charge in [-0.3, -0.25) is 14.4 Å². The van der Waals surface area contributed by atoms with Crippen LogP contribution in [-0.4, -0.2) is 31.5 Å². The van der Waals surface area contributed by atoms with Crippen LogP contribution in [-0.2, 0) is 19.1 Å². The Morgan fingerprint density at radius 1 is 1.22 bits per heavy atom. The lowest BCUT2D eigenvalue weighted by molar-refractivity contribution is -0.154. The second kappa shape index (κ2) is 7.62. The first-order chi connectivity index (χ1) is 11.0. The number of carbonyl (C=O) groups is 3. The highest BCUT2D eigenvalue weighted by atomic mass is 16.5. The summed E-state index contributed by atoms with van der Waals surface area (Å²) in [4.78, 5) is 34.6. The molecule has 2 N–H and O–H groups in total. The summed E-state index contributed by atoms with van der Waals surface area (Å²) in [6.45, 7) is 1.05. The van der Waals surface area contributed by atoms with Crippen LogP contribution in [0.5, 0.6) is 5.75 Å². The Bertz CT molecular complexity index is 610. The molecule has 0 heterocycles. The Labute approximate surface area is 134 Å². The van der Waals surface area contributed by atoms with Gasteiger partial charge < -0.3 is 20.1 Å². The van der Waals surface area contributed by atoms with Crippen LogP contribution in [0, 0.1) is 5.92 Å².